The predicted molar refractivity (Wildman–Crippen MR) is 81.8 cm³/mol. The number of benzene rings is 2. The number of urea groups is 1. The molecule has 0 aliphatic carbocycles. The lowest BCUT2D eigenvalue weighted by molar-refractivity contribution is -0.121. The number of nitrogens with one attached hydrogen (secondary N) is 2. The average molecular weight is 296 g/mol. The molecule has 112 valence electrons. The van der Waals surface area contributed by atoms with E-state index in [-0.39, 0.29) is 25.0 Å². The van der Waals surface area contributed by atoms with Crippen molar-refractivity contribution in [1.82, 2.24) is 10.6 Å². The van der Waals surface area contributed by atoms with Crippen molar-refractivity contribution in [3.05, 3.63) is 59.7 Å². The maximum atomic E-state index is 11.5. The van der Waals surface area contributed by atoms with Gasteiger partial charge in [0.25, 0.3) is 0 Å². The lowest BCUT2D eigenvalue weighted by Gasteiger charge is -2.23. The molecule has 3 rings (SSSR count). The van der Waals surface area contributed by atoms with Crippen LogP contribution in [0.4, 0.5) is 4.79 Å². The first kappa shape index (κ1) is 14.3. The van der Waals surface area contributed by atoms with Crippen LogP contribution in [0.1, 0.15) is 23.6 Å². The second-order valence-corrected chi connectivity index (χ2v) is 5.26. The van der Waals surface area contributed by atoms with E-state index in [4.69, 9.17) is 0 Å². The van der Waals surface area contributed by atoms with Gasteiger partial charge in [-0.15, -0.1) is 0 Å². The second kappa shape index (κ2) is 5.99. The summed E-state index contributed by atoms with van der Waals surface area (Å²) in [5, 5.41) is 14.2. The predicted octanol–water partition coefficient (Wildman–Crippen LogP) is 2.12. The fourth-order valence-electron chi connectivity index (χ4n) is 2.59. The van der Waals surface area contributed by atoms with E-state index in [0.29, 0.717) is 0 Å². The molecule has 1 heterocycles. The van der Waals surface area contributed by atoms with Crippen molar-refractivity contribution in [3.63, 3.8) is 0 Å². The first-order valence-corrected chi connectivity index (χ1v) is 7.06. The Morgan fingerprint density at radius 3 is 2.50 bits per heavy atom. The van der Waals surface area contributed by atoms with Crippen molar-refractivity contribution >= 4 is 11.9 Å². The number of hydrogen-bond donors (Lipinski definition) is 3. The highest BCUT2D eigenvalue weighted by atomic mass is 16.3. The monoisotopic (exact) mass is 296 g/mol. The molecule has 0 saturated carbocycles. The molecule has 1 atom stereocenters. The minimum absolute atomic E-state index is 0.00756. The molecule has 2 aromatic carbocycles. The molecule has 1 aliphatic heterocycles. The van der Waals surface area contributed by atoms with Crippen molar-refractivity contribution in [3.8, 4) is 11.1 Å². The van der Waals surface area contributed by atoms with E-state index in [1.54, 1.807) is 0 Å². The Labute approximate surface area is 128 Å². The fourth-order valence-corrected chi connectivity index (χ4v) is 2.59. The van der Waals surface area contributed by atoms with Crippen LogP contribution in [0.25, 0.3) is 11.1 Å². The molecule has 3 N–H and O–H groups in total. The lowest BCUT2D eigenvalue weighted by atomic mass is 9.96. The molecule has 22 heavy (non-hydrogen) atoms. The van der Waals surface area contributed by atoms with Crippen LogP contribution in [0, 0.1) is 0 Å². The molecular formula is C17H16N2O3. The molecule has 0 spiro atoms. The summed E-state index contributed by atoms with van der Waals surface area (Å²) in [6.45, 7) is -0.00756. The van der Waals surface area contributed by atoms with Gasteiger partial charge in [0, 0.05) is 0 Å². The van der Waals surface area contributed by atoms with E-state index in [0.717, 1.165) is 22.3 Å². The molecule has 0 bridgehead atoms. The summed E-state index contributed by atoms with van der Waals surface area (Å²) in [5.74, 6) is -0.276. The zero-order valence-electron chi connectivity index (χ0n) is 11.9. The molecular weight excluding hydrogens is 280 g/mol. The van der Waals surface area contributed by atoms with E-state index in [1.807, 2.05) is 48.5 Å². The van der Waals surface area contributed by atoms with Crippen LogP contribution in [0.2, 0.25) is 0 Å². The number of carbonyl (C=O) groups excluding carboxylic acids is 2. The van der Waals surface area contributed by atoms with Gasteiger partial charge in [-0.3, -0.25) is 10.1 Å². The second-order valence-electron chi connectivity index (χ2n) is 5.26. The third-order valence-electron chi connectivity index (χ3n) is 3.68. The first-order valence-electron chi connectivity index (χ1n) is 7.06. The summed E-state index contributed by atoms with van der Waals surface area (Å²) in [4.78, 5) is 22.9. The van der Waals surface area contributed by atoms with Gasteiger partial charge in [-0.25, -0.2) is 4.79 Å². The number of aliphatic hydroxyl groups excluding tert-OH is 1. The summed E-state index contributed by atoms with van der Waals surface area (Å²) in [6.07, 6.45) is 0.228. The smallest absolute Gasteiger partial charge is 0.321 e. The van der Waals surface area contributed by atoms with Gasteiger partial charge in [0.15, 0.2) is 0 Å². The Kier molecular flexibility index (Phi) is 3.89. The Morgan fingerprint density at radius 2 is 1.77 bits per heavy atom. The fraction of sp³-hybridized carbons (Fsp3) is 0.176. The molecule has 0 aromatic heterocycles. The number of amides is 3. The zero-order chi connectivity index (χ0) is 15.5. The van der Waals surface area contributed by atoms with Crippen molar-refractivity contribution in [2.45, 2.75) is 19.1 Å². The molecule has 0 radical (unpaired) electrons. The van der Waals surface area contributed by atoms with Crippen LogP contribution < -0.4 is 10.6 Å². The van der Waals surface area contributed by atoms with Gasteiger partial charge in [0.05, 0.1) is 19.1 Å². The Morgan fingerprint density at radius 1 is 1.05 bits per heavy atom. The summed E-state index contributed by atoms with van der Waals surface area (Å²) in [6, 6.07) is 14.6. The van der Waals surface area contributed by atoms with Crippen molar-refractivity contribution in [2.24, 2.45) is 0 Å². The number of carbonyl (C=O) groups is 2. The minimum Gasteiger partial charge on any atom is -0.392 e. The number of hydrogen-bond acceptors (Lipinski definition) is 3. The molecule has 5 nitrogen and oxygen atoms in total. The van der Waals surface area contributed by atoms with Crippen LogP contribution in [-0.4, -0.2) is 17.0 Å². The first-order chi connectivity index (χ1) is 10.7. The summed E-state index contributed by atoms with van der Waals surface area (Å²) < 4.78 is 0. The maximum Gasteiger partial charge on any atom is 0.321 e. The quantitative estimate of drug-likeness (QED) is 0.811. The van der Waals surface area contributed by atoms with Crippen LogP contribution in [-0.2, 0) is 11.4 Å². The molecule has 2 aromatic rings. The van der Waals surface area contributed by atoms with Gasteiger partial charge in [0.2, 0.25) is 5.91 Å². The van der Waals surface area contributed by atoms with Crippen LogP contribution in [0.3, 0.4) is 0 Å². The third-order valence-corrected chi connectivity index (χ3v) is 3.68. The number of aliphatic hydroxyl groups is 1. The zero-order valence-corrected chi connectivity index (χ0v) is 11.9. The van der Waals surface area contributed by atoms with Crippen LogP contribution in [0.5, 0.6) is 0 Å². The summed E-state index contributed by atoms with van der Waals surface area (Å²) in [7, 11) is 0. The van der Waals surface area contributed by atoms with Gasteiger partial charge in [-0.1, -0.05) is 36.4 Å². The number of imide groups is 1. The maximum absolute atomic E-state index is 11.5. The van der Waals surface area contributed by atoms with Crippen molar-refractivity contribution in [2.75, 3.05) is 0 Å². The molecule has 5 heteroatoms. The molecule has 1 unspecified atom stereocenters. The van der Waals surface area contributed by atoms with Crippen molar-refractivity contribution < 1.29 is 14.7 Å². The molecule has 1 saturated heterocycles. The minimum atomic E-state index is -0.464. The SMILES string of the molecule is O=C1CC(c2cccc(-c3cccc(CO)c3)c2)NC(=O)N1. The van der Waals surface area contributed by atoms with Gasteiger partial charge in [-0.05, 0) is 34.4 Å². The van der Waals surface area contributed by atoms with Gasteiger partial charge < -0.3 is 10.4 Å². The Bertz CT molecular complexity index is 711. The normalized spacial score (nSPS) is 17.8. The highest BCUT2D eigenvalue weighted by Gasteiger charge is 2.25. The average Bonchev–Trinajstić information content (AvgIpc) is 2.54. The summed E-state index contributed by atoms with van der Waals surface area (Å²) in [5.41, 5.74) is 3.69. The van der Waals surface area contributed by atoms with Crippen LogP contribution >= 0.6 is 0 Å². The number of rotatable bonds is 3. The molecule has 1 aliphatic rings. The summed E-state index contributed by atoms with van der Waals surface area (Å²) >= 11 is 0. The van der Waals surface area contributed by atoms with Gasteiger partial charge >= 0.3 is 6.03 Å². The van der Waals surface area contributed by atoms with E-state index in [2.05, 4.69) is 10.6 Å². The molecule has 1 fully saturated rings. The highest BCUT2D eigenvalue weighted by molar-refractivity contribution is 5.97. The van der Waals surface area contributed by atoms with Crippen LogP contribution in [0.15, 0.2) is 48.5 Å². The van der Waals surface area contributed by atoms with Crippen molar-refractivity contribution in [1.29, 1.82) is 0 Å². The van der Waals surface area contributed by atoms with E-state index < -0.39 is 6.03 Å². The van der Waals surface area contributed by atoms with E-state index >= 15 is 0 Å². The van der Waals surface area contributed by atoms with Gasteiger partial charge in [0.1, 0.15) is 0 Å². The lowest BCUT2D eigenvalue weighted by Crippen LogP contribution is -2.48. The van der Waals surface area contributed by atoms with E-state index in [1.165, 1.54) is 0 Å². The van der Waals surface area contributed by atoms with E-state index in [9.17, 15) is 14.7 Å². The molecule has 3 amide bonds. The highest BCUT2D eigenvalue weighted by Crippen LogP contribution is 2.26. The third kappa shape index (κ3) is 2.99. The Balaban J connectivity index is 1.92. The topological polar surface area (TPSA) is 78.4 Å². The standard InChI is InChI=1S/C17H16N2O3/c20-10-11-3-1-4-12(7-11)13-5-2-6-14(8-13)15-9-16(21)19-17(22)18-15/h1-8,15,20H,9-10H2,(H2,18,19,21,22). The van der Waals surface area contributed by atoms with Gasteiger partial charge in [-0.2, -0.15) is 0 Å². The Hall–Kier alpha value is -2.66. The largest absolute Gasteiger partial charge is 0.392 e.